The molecule has 3 heterocycles. The molecule has 0 aromatic rings. The summed E-state index contributed by atoms with van der Waals surface area (Å²) in [4.78, 5) is 27.5. The number of ether oxygens (including phenoxy) is 3. The van der Waals surface area contributed by atoms with Crippen molar-refractivity contribution < 1.29 is 23.8 Å². The van der Waals surface area contributed by atoms with Gasteiger partial charge in [-0.25, -0.2) is 0 Å². The van der Waals surface area contributed by atoms with Crippen LogP contribution in [0.1, 0.15) is 6.92 Å². The summed E-state index contributed by atoms with van der Waals surface area (Å²) in [7, 11) is 4.16. The van der Waals surface area contributed by atoms with Crippen molar-refractivity contribution in [1.82, 2.24) is 4.90 Å². The molecule has 1 saturated heterocycles. The molecular formula is C17H20N2O5S2. The zero-order valence-corrected chi connectivity index (χ0v) is 16.6. The Morgan fingerprint density at radius 3 is 2.62 bits per heavy atom. The molecule has 140 valence electrons. The van der Waals surface area contributed by atoms with Crippen molar-refractivity contribution in [3.8, 4) is 6.07 Å². The van der Waals surface area contributed by atoms with E-state index in [9.17, 15) is 14.9 Å². The van der Waals surface area contributed by atoms with Crippen LogP contribution in [0.3, 0.4) is 0 Å². The summed E-state index contributed by atoms with van der Waals surface area (Å²) in [6, 6.07) is 1.72. The molecule has 26 heavy (non-hydrogen) atoms. The third-order valence-corrected chi connectivity index (χ3v) is 7.73. The van der Waals surface area contributed by atoms with Crippen molar-refractivity contribution >= 4 is 35.5 Å². The van der Waals surface area contributed by atoms with E-state index in [1.165, 1.54) is 44.9 Å². The molecule has 0 aromatic carbocycles. The van der Waals surface area contributed by atoms with Crippen molar-refractivity contribution in [1.29, 1.82) is 5.26 Å². The maximum absolute atomic E-state index is 13.0. The monoisotopic (exact) mass is 396 g/mol. The molecule has 0 spiro atoms. The van der Waals surface area contributed by atoms with Gasteiger partial charge in [-0.3, -0.25) is 9.59 Å². The number of allylic oxidation sites excluding steroid dienone is 1. The first-order valence-corrected chi connectivity index (χ1v) is 9.93. The van der Waals surface area contributed by atoms with Gasteiger partial charge in [0.25, 0.3) is 0 Å². The molecule has 0 amide bonds. The predicted molar refractivity (Wildman–Crippen MR) is 97.7 cm³/mol. The summed E-state index contributed by atoms with van der Waals surface area (Å²) >= 11 is 2.72. The molecule has 9 heteroatoms. The van der Waals surface area contributed by atoms with Gasteiger partial charge in [0.2, 0.25) is 0 Å². The van der Waals surface area contributed by atoms with Crippen LogP contribution in [-0.2, 0) is 23.8 Å². The Balaban J connectivity index is 2.28. The lowest BCUT2D eigenvalue weighted by atomic mass is 9.66. The standard InChI is InChI=1S/C17H20N2O5S2/c1-5-25-15-10(8-18)19-11-7-6-9(13(19)22-2)12(14(20)23-3)17(11,26-15)16(21)24-4/h6-7,9,11-13H,5H2,1-4H3. The van der Waals surface area contributed by atoms with E-state index >= 15 is 0 Å². The molecule has 0 aromatic heterocycles. The Hall–Kier alpha value is -1.63. The zero-order chi connectivity index (χ0) is 19.1. The van der Waals surface area contributed by atoms with Crippen LogP contribution in [0.2, 0.25) is 0 Å². The summed E-state index contributed by atoms with van der Waals surface area (Å²) < 4.78 is 15.3. The van der Waals surface area contributed by atoms with Gasteiger partial charge in [-0.05, 0) is 5.75 Å². The third-order valence-electron chi connectivity index (χ3n) is 5.00. The van der Waals surface area contributed by atoms with Gasteiger partial charge in [-0.2, -0.15) is 5.26 Å². The number of hydrogen-bond acceptors (Lipinski definition) is 9. The number of carbonyl (C=O) groups excluding carboxylic acids is 2. The van der Waals surface area contributed by atoms with Gasteiger partial charge in [0.1, 0.15) is 18.0 Å². The Kier molecular flexibility index (Phi) is 5.28. The number of nitrogens with zero attached hydrogens (tertiary/aromatic N) is 2. The first-order chi connectivity index (χ1) is 12.5. The molecule has 0 saturated carbocycles. The highest BCUT2D eigenvalue weighted by Gasteiger charge is 2.70. The average molecular weight is 396 g/mol. The van der Waals surface area contributed by atoms with Crippen molar-refractivity contribution in [2.75, 3.05) is 27.1 Å². The lowest BCUT2D eigenvalue weighted by Crippen LogP contribution is -2.73. The van der Waals surface area contributed by atoms with Crippen LogP contribution in [0.4, 0.5) is 0 Å². The smallest absolute Gasteiger partial charge is 0.325 e. The highest BCUT2D eigenvalue weighted by molar-refractivity contribution is 8.23. The van der Waals surface area contributed by atoms with E-state index in [-0.39, 0.29) is 0 Å². The predicted octanol–water partition coefficient (Wildman–Crippen LogP) is 1.72. The van der Waals surface area contributed by atoms with Crippen LogP contribution < -0.4 is 0 Å². The number of methoxy groups -OCH3 is 3. The van der Waals surface area contributed by atoms with Crippen LogP contribution in [0.5, 0.6) is 0 Å². The third kappa shape index (κ3) is 2.39. The molecule has 1 fully saturated rings. The van der Waals surface area contributed by atoms with E-state index in [2.05, 4.69) is 6.07 Å². The molecule has 5 atom stereocenters. The number of rotatable bonds is 5. The maximum Gasteiger partial charge on any atom is 0.325 e. The van der Waals surface area contributed by atoms with Crippen LogP contribution in [0.25, 0.3) is 0 Å². The Bertz CT molecular complexity index is 731. The Morgan fingerprint density at radius 1 is 1.35 bits per heavy atom. The fourth-order valence-corrected chi connectivity index (χ4v) is 7.04. The van der Waals surface area contributed by atoms with E-state index in [4.69, 9.17) is 14.2 Å². The van der Waals surface area contributed by atoms with Crippen molar-refractivity contribution in [2.45, 2.75) is 23.9 Å². The van der Waals surface area contributed by atoms with Gasteiger partial charge in [-0.15, -0.1) is 11.8 Å². The van der Waals surface area contributed by atoms with Gasteiger partial charge in [0, 0.05) is 13.0 Å². The normalized spacial score (nSPS) is 34.5. The summed E-state index contributed by atoms with van der Waals surface area (Å²) in [5, 5.41) is 9.78. The number of esters is 2. The molecule has 0 N–H and O–H groups in total. The first kappa shape index (κ1) is 19.1. The number of hydrogen-bond donors (Lipinski definition) is 0. The molecular weight excluding hydrogens is 376 g/mol. The molecule has 4 bridgehead atoms. The second-order valence-electron chi connectivity index (χ2n) is 6.01. The Labute approximate surface area is 160 Å². The largest absolute Gasteiger partial charge is 0.469 e. The van der Waals surface area contributed by atoms with Crippen LogP contribution in [0.15, 0.2) is 22.1 Å². The minimum absolute atomic E-state index is 0.430. The number of thioether (sulfide) groups is 2. The zero-order valence-electron chi connectivity index (χ0n) is 14.9. The van der Waals surface area contributed by atoms with E-state index in [0.29, 0.717) is 9.93 Å². The molecule has 4 rings (SSSR count). The van der Waals surface area contributed by atoms with E-state index in [1.807, 2.05) is 24.0 Å². The lowest BCUT2D eigenvalue weighted by molar-refractivity contribution is -0.177. The molecule has 4 aliphatic rings. The van der Waals surface area contributed by atoms with Gasteiger partial charge in [0.05, 0.1) is 30.4 Å². The summed E-state index contributed by atoms with van der Waals surface area (Å²) in [6.45, 7) is 1.97. The molecule has 0 radical (unpaired) electrons. The quantitative estimate of drug-likeness (QED) is 0.509. The summed E-state index contributed by atoms with van der Waals surface area (Å²) in [5.74, 6) is -1.45. The van der Waals surface area contributed by atoms with Crippen LogP contribution >= 0.6 is 23.5 Å². The number of piperidine rings is 1. The molecule has 5 unspecified atom stereocenters. The van der Waals surface area contributed by atoms with Crippen molar-refractivity contribution in [3.05, 3.63) is 22.1 Å². The average Bonchev–Trinajstić information content (AvgIpc) is 2.67. The Morgan fingerprint density at radius 2 is 2.08 bits per heavy atom. The topological polar surface area (TPSA) is 88.9 Å². The fourth-order valence-electron chi connectivity index (χ4n) is 4.07. The minimum Gasteiger partial charge on any atom is -0.469 e. The molecule has 1 aliphatic carbocycles. The highest BCUT2D eigenvalue weighted by Crippen LogP contribution is 2.61. The first-order valence-electron chi connectivity index (χ1n) is 8.13. The van der Waals surface area contributed by atoms with Gasteiger partial charge in [-0.1, -0.05) is 30.8 Å². The van der Waals surface area contributed by atoms with E-state index < -0.39 is 40.8 Å². The lowest BCUT2D eigenvalue weighted by Gasteiger charge is -2.60. The molecule has 7 nitrogen and oxygen atoms in total. The van der Waals surface area contributed by atoms with Gasteiger partial charge < -0.3 is 19.1 Å². The van der Waals surface area contributed by atoms with Crippen LogP contribution in [-0.4, -0.2) is 60.9 Å². The van der Waals surface area contributed by atoms with Gasteiger partial charge >= 0.3 is 11.9 Å². The summed E-state index contributed by atoms with van der Waals surface area (Å²) in [5.41, 5.74) is 0.468. The highest BCUT2D eigenvalue weighted by atomic mass is 32.2. The maximum atomic E-state index is 13.0. The second-order valence-corrected chi connectivity index (χ2v) is 8.83. The van der Waals surface area contributed by atoms with Crippen molar-refractivity contribution in [3.63, 3.8) is 0 Å². The van der Waals surface area contributed by atoms with E-state index in [1.54, 1.807) is 0 Å². The number of carbonyl (C=O) groups is 2. The van der Waals surface area contributed by atoms with Crippen molar-refractivity contribution in [2.24, 2.45) is 11.8 Å². The van der Waals surface area contributed by atoms with Crippen LogP contribution in [0, 0.1) is 23.2 Å². The summed E-state index contributed by atoms with van der Waals surface area (Å²) in [6.07, 6.45) is 3.22. The second kappa shape index (κ2) is 7.18. The molecule has 3 aliphatic heterocycles. The number of nitriles is 1. The van der Waals surface area contributed by atoms with E-state index in [0.717, 1.165) is 5.75 Å². The fraction of sp³-hybridized carbons (Fsp3) is 0.588. The minimum atomic E-state index is -1.21. The SMILES string of the molecule is CCSC1=C(C#N)N2C(OC)C3C=CC2C(C(=O)OC)(S1)C3C(=O)OC. The van der Waals surface area contributed by atoms with Gasteiger partial charge in [0.15, 0.2) is 4.75 Å².